The van der Waals surface area contributed by atoms with E-state index in [2.05, 4.69) is 5.32 Å². The number of carbonyl (C=O) groups excluding carboxylic acids is 2. The Morgan fingerprint density at radius 1 is 1.23 bits per heavy atom. The largest absolute Gasteiger partial charge is 0.406 e. The first-order chi connectivity index (χ1) is 5.90. The van der Waals surface area contributed by atoms with Gasteiger partial charge in [-0.1, -0.05) is 0 Å². The van der Waals surface area contributed by atoms with Crippen LogP contribution >= 0.6 is 0 Å². The molecule has 0 aromatic rings. The van der Waals surface area contributed by atoms with Crippen molar-refractivity contribution in [1.29, 1.82) is 0 Å². The normalized spacial score (nSPS) is 19.5. The van der Waals surface area contributed by atoms with Crippen molar-refractivity contribution in [2.45, 2.75) is 6.18 Å². The van der Waals surface area contributed by atoms with E-state index in [0.29, 0.717) is 0 Å². The lowest BCUT2D eigenvalue weighted by atomic mass is 10.3. The van der Waals surface area contributed by atoms with E-state index in [0.717, 1.165) is 0 Å². The number of nitrogens with one attached hydrogen (secondary N) is 1. The topological polar surface area (TPSA) is 49.4 Å². The van der Waals surface area contributed by atoms with E-state index in [9.17, 15) is 22.8 Å². The maximum absolute atomic E-state index is 11.8. The fraction of sp³-hybridized carbons (Fsp3) is 0.667. The molecule has 0 aromatic carbocycles. The van der Waals surface area contributed by atoms with Gasteiger partial charge >= 0.3 is 6.18 Å². The van der Waals surface area contributed by atoms with Gasteiger partial charge < -0.3 is 0 Å². The molecule has 2 amide bonds. The Kier molecular flexibility index (Phi) is 2.55. The molecule has 74 valence electrons. The second-order valence-corrected chi connectivity index (χ2v) is 2.59. The van der Waals surface area contributed by atoms with Gasteiger partial charge in [0.15, 0.2) is 0 Å². The summed E-state index contributed by atoms with van der Waals surface area (Å²) in [5, 5.41) is 2.39. The number of carbonyl (C=O) groups is 2. The molecule has 1 saturated heterocycles. The summed E-state index contributed by atoms with van der Waals surface area (Å²) in [6.07, 6.45) is -4.53. The number of halogens is 3. The monoisotopic (exact) mass is 196 g/mol. The SMILES string of the molecule is O=C1CNCC(=O)N1CC(F)(F)F. The molecule has 1 rings (SSSR count). The van der Waals surface area contributed by atoms with Gasteiger partial charge in [-0.15, -0.1) is 0 Å². The average Bonchev–Trinajstić information content (AvgIpc) is 1.95. The molecule has 0 aromatic heterocycles. The molecule has 0 atom stereocenters. The Balaban J connectivity index is 2.65. The van der Waals surface area contributed by atoms with Crippen molar-refractivity contribution in [2.24, 2.45) is 0 Å². The zero-order chi connectivity index (χ0) is 10.1. The maximum atomic E-state index is 11.8. The highest BCUT2D eigenvalue weighted by Gasteiger charge is 2.37. The van der Waals surface area contributed by atoms with Gasteiger partial charge in [-0.25, -0.2) is 0 Å². The molecule has 0 radical (unpaired) electrons. The van der Waals surface area contributed by atoms with Crippen molar-refractivity contribution in [3.63, 3.8) is 0 Å². The van der Waals surface area contributed by atoms with Gasteiger partial charge in [-0.3, -0.25) is 19.8 Å². The summed E-state index contributed by atoms with van der Waals surface area (Å²) in [4.78, 5) is 21.9. The summed E-state index contributed by atoms with van der Waals surface area (Å²) < 4.78 is 35.5. The van der Waals surface area contributed by atoms with Crippen LogP contribution in [0.3, 0.4) is 0 Å². The van der Waals surface area contributed by atoms with E-state index in [1.165, 1.54) is 0 Å². The molecular formula is C6H7F3N2O2. The maximum Gasteiger partial charge on any atom is 0.406 e. The lowest BCUT2D eigenvalue weighted by Crippen LogP contribution is -2.54. The molecule has 13 heavy (non-hydrogen) atoms. The van der Waals surface area contributed by atoms with Crippen LogP contribution in [-0.2, 0) is 9.59 Å². The van der Waals surface area contributed by atoms with Crippen LogP contribution < -0.4 is 5.32 Å². The first-order valence-electron chi connectivity index (χ1n) is 3.51. The van der Waals surface area contributed by atoms with Gasteiger partial charge in [-0.2, -0.15) is 13.2 Å². The summed E-state index contributed by atoms with van der Waals surface area (Å²) in [7, 11) is 0. The predicted molar refractivity (Wildman–Crippen MR) is 35.6 cm³/mol. The molecule has 1 aliphatic rings. The first kappa shape index (κ1) is 9.97. The smallest absolute Gasteiger partial charge is 0.300 e. The number of hydrogen-bond acceptors (Lipinski definition) is 3. The van der Waals surface area contributed by atoms with Crippen LogP contribution in [0, 0.1) is 0 Å². The van der Waals surface area contributed by atoms with Gasteiger partial charge in [0.05, 0.1) is 13.1 Å². The van der Waals surface area contributed by atoms with Crippen LogP contribution in [-0.4, -0.2) is 42.5 Å². The van der Waals surface area contributed by atoms with Crippen LogP contribution in [0.1, 0.15) is 0 Å². The second kappa shape index (κ2) is 3.33. The highest BCUT2D eigenvalue weighted by molar-refractivity contribution is 5.99. The van der Waals surface area contributed by atoms with E-state index >= 15 is 0 Å². The lowest BCUT2D eigenvalue weighted by Gasteiger charge is -2.26. The standard InChI is InChI=1S/C6H7F3N2O2/c7-6(8,9)3-11-4(12)1-10-2-5(11)13/h10H,1-3H2. The van der Waals surface area contributed by atoms with Crippen LogP contribution in [0.2, 0.25) is 0 Å². The number of piperazine rings is 1. The van der Waals surface area contributed by atoms with Crippen molar-refractivity contribution in [1.82, 2.24) is 10.2 Å². The molecule has 0 spiro atoms. The lowest BCUT2D eigenvalue weighted by molar-refractivity contribution is -0.171. The second-order valence-electron chi connectivity index (χ2n) is 2.59. The van der Waals surface area contributed by atoms with Gasteiger partial charge in [0.25, 0.3) is 0 Å². The van der Waals surface area contributed by atoms with Crippen LogP contribution in [0.15, 0.2) is 0 Å². The summed E-state index contributed by atoms with van der Waals surface area (Å²) in [5.41, 5.74) is 0. The van der Waals surface area contributed by atoms with Crippen LogP contribution in [0.5, 0.6) is 0 Å². The quantitative estimate of drug-likeness (QED) is 0.575. The molecule has 0 aliphatic carbocycles. The number of alkyl halides is 3. The fourth-order valence-corrected chi connectivity index (χ4v) is 0.962. The summed E-state index contributed by atoms with van der Waals surface area (Å²) in [6, 6.07) is 0. The number of amides is 2. The minimum atomic E-state index is -4.53. The van der Waals surface area contributed by atoms with Crippen molar-refractivity contribution >= 4 is 11.8 Å². The average molecular weight is 196 g/mol. The summed E-state index contributed by atoms with van der Waals surface area (Å²) in [5.74, 6) is -1.68. The Hall–Kier alpha value is -1.11. The summed E-state index contributed by atoms with van der Waals surface area (Å²) in [6.45, 7) is -1.93. The van der Waals surface area contributed by atoms with E-state index in [1.54, 1.807) is 0 Å². The van der Waals surface area contributed by atoms with Crippen LogP contribution in [0.25, 0.3) is 0 Å². The summed E-state index contributed by atoms with van der Waals surface area (Å²) >= 11 is 0. The third-order valence-electron chi connectivity index (χ3n) is 1.49. The highest BCUT2D eigenvalue weighted by atomic mass is 19.4. The first-order valence-corrected chi connectivity index (χ1v) is 3.51. The van der Waals surface area contributed by atoms with Crippen molar-refractivity contribution in [3.8, 4) is 0 Å². The molecule has 7 heteroatoms. The molecule has 0 bridgehead atoms. The van der Waals surface area contributed by atoms with Crippen LogP contribution in [0.4, 0.5) is 13.2 Å². The van der Waals surface area contributed by atoms with E-state index < -0.39 is 24.5 Å². The van der Waals surface area contributed by atoms with Crippen molar-refractivity contribution in [2.75, 3.05) is 19.6 Å². The third-order valence-corrected chi connectivity index (χ3v) is 1.49. The Morgan fingerprint density at radius 3 is 2.08 bits per heavy atom. The Morgan fingerprint density at radius 2 is 1.69 bits per heavy atom. The molecule has 1 aliphatic heterocycles. The fourth-order valence-electron chi connectivity index (χ4n) is 0.962. The zero-order valence-corrected chi connectivity index (χ0v) is 6.52. The minimum absolute atomic E-state index is 0.219. The van der Waals surface area contributed by atoms with E-state index in [1.807, 2.05) is 0 Å². The Labute approximate surface area is 71.7 Å². The molecule has 0 saturated carbocycles. The number of hydrogen-bond donors (Lipinski definition) is 1. The van der Waals surface area contributed by atoms with Gasteiger partial charge in [-0.05, 0) is 0 Å². The van der Waals surface area contributed by atoms with Gasteiger partial charge in [0, 0.05) is 0 Å². The molecular weight excluding hydrogens is 189 g/mol. The van der Waals surface area contributed by atoms with Crippen molar-refractivity contribution < 1.29 is 22.8 Å². The predicted octanol–water partition coefficient (Wildman–Crippen LogP) is -0.493. The molecule has 4 nitrogen and oxygen atoms in total. The Bertz CT molecular complexity index is 223. The van der Waals surface area contributed by atoms with Gasteiger partial charge in [0.2, 0.25) is 11.8 Å². The molecule has 1 heterocycles. The number of rotatable bonds is 1. The van der Waals surface area contributed by atoms with Gasteiger partial charge in [0.1, 0.15) is 6.54 Å². The van der Waals surface area contributed by atoms with E-state index in [4.69, 9.17) is 0 Å². The molecule has 1 N–H and O–H groups in total. The molecule has 0 unspecified atom stereocenters. The minimum Gasteiger partial charge on any atom is -0.300 e. The third kappa shape index (κ3) is 2.69. The molecule has 1 fully saturated rings. The zero-order valence-electron chi connectivity index (χ0n) is 6.52. The number of imide groups is 1. The van der Waals surface area contributed by atoms with E-state index in [-0.39, 0.29) is 18.0 Å². The number of nitrogens with zero attached hydrogens (tertiary/aromatic N) is 1. The highest BCUT2D eigenvalue weighted by Crippen LogP contribution is 2.17. The van der Waals surface area contributed by atoms with Crippen molar-refractivity contribution in [3.05, 3.63) is 0 Å².